The normalized spacial score (nSPS) is 11.0. The van der Waals surface area contributed by atoms with Crippen LogP contribution in [0.2, 0.25) is 0 Å². The lowest BCUT2D eigenvalue weighted by Crippen LogP contribution is -2.27. The molecule has 0 aliphatic carbocycles. The number of aliphatic carboxylic acids is 1. The maximum Gasteiger partial charge on any atom is 0.412 e. The van der Waals surface area contributed by atoms with E-state index < -0.39 is 17.7 Å². The zero-order valence-corrected chi connectivity index (χ0v) is 18.9. The molecule has 0 bridgehead atoms. The Kier molecular flexibility index (Phi) is 6.86. The van der Waals surface area contributed by atoms with Crippen molar-refractivity contribution in [2.45, 2.75) is 39.7 Å². The van der Waals surface area contributed by atoms with Crippen LogP contribution in [-0.2, 0) is 9.53 Å². The van der Waals surface area contributed by atoms with E-state index in [0.717, 1.165) is 27.4 Å². The molecule has 172 valence electrons. The van der Waals surface area contributed by atoms with Crippen LogP contribution in [0.3, 0.4) is 0 Å². The molecule has 2 aromatic heterocycles. The molecule has 0 fully saturated rings. The third-order valence-electron chi connectivity index (χ3n) is 4.66. The van der Waals surface area contributed by atoms with E-state index in [-0.39, 0.29) is 12.0 Å². The van der Waals surface area contributed by atoms with Crippen molar-refractivity contribution in [3.05, 3.63) is 65.1 Å². The van der Waals surface area contributed by atoms with E-state index in [9.17, 15) is 19.5 Å². The number of amides is 1. The minimum Gasteiger partial charge on any atom is -0.550 e. The number of hydrogen-bond donors (Lipinski definition) is 3. The molecule has 4 rings (SSSR count). The maximum atomic E-state index is 12.1. The third kappa shape index (κ3) is 6.00. The molecule has 1 amide bonds. The molecule has 0 aliphatic heterocycles. The average Bonchev–Trinajstić information content (AvgIpc) is 3.24. The lowest BCUT2D eigenvalue weighted by Gasteiger charge is -2.19. The number of carboxylic acids is 1. The van der Waals surface area contributed by atoms with Gasteiger partial charge in [0.2, 0.25) is 0 Å². The highest BCUT2D eigenvalue weighted by molar-refractivity contribution is 6.05. The van der Waals surface area contributed by atoms with E-state index in [0.29, 0.717) is 11.2 Å². The SMILES string of the molecule is CC(C)(C)OC(=O)Nc1cccc(-c2ccc3[nH]c(=O)c4[nH]ccc4c3c2)c1.CCC(=O)[O-]. The van der Waals surface area contributed by atoms with Gasteiger partial charge in [0.1, 0.15) is 11.1 Å². The lowest BCUT2D eigenvalue weighted by atomic mass is 10.0. The highest BCUT2D eigenvalue weighted by Crippen LogP contribution is 2.28. The first-order chi connectivity index (χ1) is 15.6. The zero-order chi connectivity index (χ0) is 24.2. The van der Waals surface area contributed by atoms with Crippen LogP contribution in [0.5, 0.6) is 0 Å². The van der Waals surface area contributed by atoms with Gasteiger partial charge in [0, 0.05) is 34.1 Å². The van der Waals surface area contributed by atoms with Crippen molar-refractivity contribution in [2.75, 3.05) is 5.32 Å². The molecule has 2 heterocycles. The highest BCUT2D eigenvalue weighted by atomic mass is 16.6. The zero-order valence-electron chi connectivity index (χ0n) is 18.9. The number of carbonyl (C=O) groups excluding carboxylic acids is 2. The van der Waals surface area contributed by atoms with Crippen molar-refractivity contribution >= 4 is 39.6 Å². The van der Waals surface area contributed by atoms with E-state index in [1.165, 1.54) is 6.92 Å². The summed E-state index contributed by atoms with van der Waals surface area (Å²) >= 11 is 0. The van der Waals surface area contributed by atoms with E-state index in [1.807, 2.05) is 69.3 Å². The van der Waals surface area contributed by atoms with Gasteiger partial charge in [0.25, 0.3) is 5.56 Å². The Bertz CT molecular complexity index is 1360. The second-order valence-electron chi connectivity index (χ2n) is 8.41. The first-order valence-electron chi connectivity index (χ1n) is 10.5. The number of pyridine rings is 1. The molecule has 0 saturated carbocycles. The van der Waals surface area contributed by atoms with Crippen LogP contribution >= 0.6 is 0 Å². The van der Waals surface area contributed by atoms with Gasteiger partial charge in [-0.25, -0.2) is 4.79 Å². The summed E-state index contributed by atoms with van der Waals surface area (Å²) in [5, 5.41) is 13.9. The van der Waals surface area contributed by atoms with Crippen molar-refractivity contribution in [1.29, 1.82) is 0 Å². The number of carbonyl (C=O) groups is 2. The first kappa shape index (κ1) is 23.6. The first-order valence-corrected chi connectivity index (χ1v) is 10.5. The Morgan fingerprint density at radius 3 is 2.39 bits per heavy atom. The van der Waals surface area contributed by atoms with Crippen LogP contribution in [0.4, 0.5) is 10.5 Å². The topological polar surface area (TPSA) is 127 Å². The van der Waals surface area contributed by atoms with Crippen molar-refractivity contribution in [3.8, 4) is 11.1 Å². The molecular formula is C25H26N3O5-. The summed E-state index contributed by atoms with van der Waals surface area (Å²) in [5.41, 5.74) is 3.23. The summed E-state index contributed by atoms with van der Waals surface area (Å²) in [6, 6.07) is 15.3. The standard InChI is InChI=1S/C22H21N3O3.C3H6O2/c1-22(2,3)28-21(27)24-15-6-4-5-13(11-15)14-7-8-18-17(12-14)16-9-10-23-19(16)20(26)25-18;1-2-3(4)5/h4-12,23H,1-3H3,(H,24,27)(H,25,26);2H2,1H3,(H,4,5)/p-1. The number of carboxylic acid groups (broad SMARTS) is 1. The van der Waals surface area contributed by atoms with Gasteiger partial charge in [-0.3, -0.25) is 10.1 Å². The van der Waals surface area contributed by atoms with Gasteiger partial charge in [0.15, 0.2) is 0 Å². The number of benzene rings is 2. The van der Waals surface area contributed by atoms with Crippen molar-refractivity contribution in [2.24, 2.45) is 0 Å². The summed E-state index contributed by atoms with van der Waals surface area (Å²) in [5.74, 6) is -0.995. The fraction of sp³-hybridized carbons (Fsp3) is 0.240. The Hall–Kier alpha value is -4.07. The van der Waals surface area contributed by atoms with E-state index in [1.54, 1.807) is 6.20 Å². The van der Waals surface area contributed by atoms with Gasteiger partial charge in [-0.15, -0.1) is 0 Å². The Labute approximate surface area is 190 Å². The number of rotatable bonds is 3. The Balaban J connectivity index is 0.000000555. The number of aromatic nitrogens is 2. The smallest absolute Gasteiger partial charge is 0.412 e. The fourth-order valence-electron chi connectivity index (χ4n) is 3.22. The number of H-pyrrole nitrogens is 2. The molecule has 8 nitrogen and oxygen atoms in total. The molecular weight excluding hydrogens is 422 g/mol. The van der Waals surface area contributed by atoms with Gasteiger partial charge in [0.05, 0.1) is 0 Å². The van der Waals surface area contributed by atoms with Crippen LogP contribution in [0.1, 0.15) is 34.1 Å². The minimum atomic E-state index is -0.995. The number of anilines is 1. The quantitative estimate of drug-likeness (QED) is 0.433. The van der Waals surface area contributed by atoms with Crippen LogP contribution in [-0.4, -0.2) is 27.6 Å². The molecule has 2 aromatic carbocycles. The van der Waals surface area contributed by atoms with Crippen LogP contribution in [0.25, 0.3) is 32.9 Å². The number of ether oxygens (including phenoxy) is 1. The van der Waals surface area contributed by atoms with Crippen molar-refractivity contribution < 1.29 is 19.4 Å². The van der Waals surface area contributed by atoms with Gasteiger partial charge < -0.3 is 24.6 Å². The summed E-state index contributed by atoms with van der Waals surface area (Å²) in [7, 11) is 0. The molecule has 0 unspecified atom stereocenters. The van der Waals surface area contributed by atoms with Gasteiger partial charge in [-0.2, -0.15) is 0 Å². The van der Waals surface area contributed by atoms with E-state index >= 15 is 0 Å². The highest BCUT2D eigenvalue weighted by Gasteiger charge is 2.16. The molecule has 3 N–H and O–H groups in total. The Morgan fingerprint density at radius 2 is 1.73 bits per heavy atom. The fourth-order valence-corrected chi connectivity index (χ4v) is 3.22. The largest absolute Gasteiger partial charge is 0.550 e. The van der Waals surface area contributed by atoms with Crippen LogP contribution in [0, 0.1) is 0 Å². The molecule has 0 aliphatic rings. The van der Waals surface area contributed by atoms with E-state index in [4.69, 9.17) is 4.74 Å². The predicted molar refractivity (Wildman–Crippen MR) is 127 cm³/mol. The minimum absolute atomic E-state index is 0.111. The van der Waals surface area contributed by atoms with Crippen LogP contribution < -0.4 is 16.0 Å². The van der Waals surface area contributed by atoms with Crippen LogP contribution in [0.15, 0.2) is 59.5 Å². The molecule has 0 spiro atoms. The van der Waals surface area contributed by atoms with Crippen molar-refractivity contribution in [1.82, 2.24) is 9.97 Å². The average molecular weight is 448 g/mol. The molecule has 0 atom stereocenters. The Morgan fingerprint density at radius 1 is 1.03 bits per heavy atom. The monoisotopic (exact) mass is 448 g/mol. The number of nitrogens with one attached hydrogen (secondary N) is 3. The molecule has 8 heteroatoms. The maximum absolute atomic E-state index is 12.1. The van der Waals surface area contributed by atoms with Crippen molar-refractivity contribution in [3.63, 3.8) is 0 Å². The lowest BCUT2D eigenvalue weighted by molar-refractivity contribution is -0.305. The molecule has 33 heavy (non-hydrogen) atoms. The van der Waals surface area contributed by atoms with Gasteiger partial charge in [-0.05, 0) is 68.7 Å². The molecule has 4 aromatic rings. The molecule has 0 radical (unpaired) electrons. The number of fused-ring (bicyclic) bond motifs is 3. The number of aromatic amines is 2. The van der Waals surface area contributed by atoms with Gasteiger partial charge in [-0.1, -0.05) is 25.1 Å². The van der Waals surface area contributed by atoms with Gasteiger partial charge >= 0.3 is 6.09 Å². The second-order valence-corrected chi connectivity index (χ2v) is 8.41. The molecule has 0 saturated heterocycles. The summed E-state index contributed by atoms with van der Waals surface area (Å²) in [4.78, 5) is 39.3. The van der Waals surface area contributed by atoms with E-state index in [2.05, 4.69) is 15.3 Å². The summed E-state index contributed by atoms with van der Waals surface area (Å²) in [6.45, 7) is 7.01. The predicted octanol–water partition coefficient (Wildman–Crippen LogP) is 4.17. The second kappa shape index (κ2) is 9.60. The third-order valence-corrected chi connectivity index (χ3v) is 4.66. The summed E-state index contributed by atoms with van der Waals surface area (Å²) < 4.78 is 5.31. The number of hydrogen-bond acceptors (Lipinski definition) is 5. The summed E-state index contributed by atoms with van der Waals surface area (Å²) in [6.07, 6.45) is 1.38.